The van der Waals surface area contributed by atoms with E-state index in [1.54, 1.807) is 24.3 Å². The van der Waals surface area contributed by atoms with E-state index in [2.05, 4.69) is 15.9 Å². The maximum absolute atomic E-state index is 10.6. The van der Waals surface area contributed by atoms with E-state index in [-0.39, 0.29) is 32.2 Å². The van der Waals surface area contributed by atoms with E-state index in [0.717, 1.165) is 0 Å². The van der Waals surface area contributed by atoms with Crippen LogP contribution in [0.2, 0.25) is 0 Å². The number of halogens is 1. The molecule has 0 fully saturated rings. The van der Waals surface area contributed by atoms with Gasteiger partial charge < -0.3 is 0 Å². The number of nitro groups is 1. The van der Waals surface area contributed by atoms with Crippen LogP contribution in [0.3, 0.4) is 0 Å². The molecule has 1 atom stereocenters. The smallest absolute Gasteiger partial charge is 0.263 e. The molecule has 1 rings (SSSR count). The molecule has 0 radical (unpaired) electrons. The standard InChI is InChI=1S/C8H8BrNO2.Cd/c1-8(9,10(11)12)7-5-3-2-4-6-7;/h2-6H,1H3;/q;+2. The van der Waals surface area contributed by atoms with Gasteiger partial charge in [0.2, 0.25) is 0 Å². The predicted molar refractivity (Wildman–Crippen MR) is 49.7 cm³/mol. The Morgan fingerprint density at radius 1 is 1.38 bits per heavy atom. The molecule has 1 aromatic rings. The number of alkyl halides is 1. The fourth-order valence-corrected chi connectivity index (χ4v) is 1.11. The summed E-state index contributed by atoms with van der Waals surface area (Å²) in [4.78, 5) is 10.2. The normalized spacial score (nSPS) is 14.0. The van der Waals surface area contributed by atoms with Crippen molar-refractivity contribution in [2.75, 3.05) is 0 Å². The van der Waals surface area contributed by atoms with Crippen molar-refractivity contribution in [3.05, 3.63) is 46.0 Å². The molecule has 0 saturated carbocycles. The molecule has 0 heterocycles. The molecule has 64 valence electrons. The van der Waals surface area contributed by atoms with E-state index in [1.807, 2.05) is 6.07 Å². The molecule has 1 unspecified atom stereocenters. The Morgan fingerprint density at radius 2 is 1.85 bits per heavy atom. The second-order valence-electron chi connectivity index (χ2n) is 2.58. The van der Waals surface area contributed by atoms with Crippen LogP contribution in [-0.4, -0.2) is 4.92 Å². The van der Waals surface area contributed by atoms with Crippen LogP contribution in [0.1, 0.15) is 12.5 Å². The SMILES string of the molecule is CC(Br)(c1ccccc1)[N+](=O)[O-].[Cd+2]. The van der Waals surface area contributed by atoms with Gasteiger partial charge in [0.25, 0.3) is 4.45 Å². The Hall–Kier alpha value is 0.0221. The minimum absolute atomic E-state index is 0. The topological polar surface area (TPSA) is 43.1 Å². The van der Waals surface area contributed by atoms with Crippen LogP contribution >= 0.6 is 15.9 Å². The molecule has 0 bridgehead atoms. The predicted octanol–water partition coefficient (Wildman–Crippen LogP) is 2.53. The van der Waals surface area contributed by atoms with Gasteiger partial charge in [-0.15, -0.1) is 0 Å². The Balaban J connectivity index is 0.00000144. The van der Waals surface area contributed by atoms with Crippen LogP contribution in [-0.2, 0) is 31.7 Å². The third-order valence-electron chi connectivity index (χ3n) is 1.64. The number of rotatable bonds is 2. The molecular formula is C8H8BrCdNO2+2. The molecule has 3 nitrogen and oxygen atoms in total. The van der Waals surface area contributed by atoms with Crippen molar-refractivity contribution in [1.29, 1.82) is 0 Å². The number of nitrogens with zero attached hydrogens (tertiary/aromatic N) is 1. The van der Waals surface area contributed by atoms with E-state index in [4.69, 9.17) is 0 Å². The first kappa shape index (κ1) is 13.0. The van der Waals surface area contributed by atoms with Crippen LogP contribution in [0.5, 0.6) is 0 Å². The third-order valence-corrected chi connectivity index (χ3v) is 2.39. The van der Waals surface area contributed by atoms with Gasteiger partial charge in [-0.3, -0.25) is 10.1 Å². The first-order chi connectivity index (χ1) is 5.55. The van der Waals surface area contributed by atoms with Crippen molar-refractivity contribution in [3.63, 3.8) is 0 Å². The number of hydrogen-bond donors (Lipinski definition) is 0. The van der Waals surface area contributed by atoms with Crippen molar-refractivity contribution >= 4 is 15.9 Å². The number of hydrogen-bond acceptors (Lipinski definition) is 2. The summed E-state index contributed by atoms with van der Waals surface area (Å²) in [6.45, 7) is 1.52. The van der Waals surface area contributed by atoms with Gasteiger partial charge in [0.1, 0.15) is 0 Å². The monoisotopic (exact) mass is 343 g/mol. The quantitative estimate of drug-likeness (QED) is 0.272. The molecule has 0 N–H and O–H groups in total. The van der Waals surface area contributed by atoms with Crippen LogP contribution in [0.25, 0.3) is 0 Å². The van der Waals surface area contributed by atoms with Crippen LogP contribution < -0.4 is 0 Å². The molecule has 0 aliphatic heterocycles. The van der Waals surface area contributed by atoms with Gasteiger partial charge >= 0.3 is 27.3 Å². The molecule has 0 aromatic heterocycles. The first-order valence-electron chi connectivity index (χ1n) is 3.44. The average Bonchev–Trinajstić information content (AvgIpc) is 2.06. The van der Waals surface area contributed by atoms with Gasteiger partial charge in [-0.25, -0.2) is 0 Å². The Labute approximate surface area is 105 Å². The van der Waals surface area contributed by atoms with Crippen molar-refractivity contribution < 1.29 is 32.2 Å². The van der Waals surface area contributed by atoms with E-state index in [1.165, 1.54) is 6.92 Å². The van der Waals surface area contributed by atoms with Gasteiger partial charge in [0.15, 0.2) is 0 Å². The fourth-order valence-electron chi connectivity index (χ4n) is 0.848. The van der Waals surface area contributed by atoms with E-state index in [0.29, 0.717) is 5.56 Å². The summed E-state index contributed by atoms with van der Waals surface area (Å²) in [7, 11) is 0. The molecule has 5 heteroatoms. The van der Waals surface area contributed by atoms with Crippen LogP contribution in [0, 0.1) is 10.1 Å². The summed E-state index contributed by atoms with van der Waals surface area (Å²) in [5.74, 6) is 0. The van der Waals surface area contributed by atoms with E-state index >= 15 is 0 Å². The third kappa shape index (κ3) is 3.01. The summed E-state index contributed by atoms with van der Waals surface area (Å²) >= 11 is 3.06. The molecule has 13 heavy (non-hydrogen) atoms. The van der Waals surface area contributed by atoms with Gasteiger partial charge in [0, 0.05) is 33.3 Å². The van der Waals surface area contributed by atoms with Crippen molar-refractivity contribution in [2.45, 2.75) is 11.4 Å². The van der Waals surface area contributed by atoms with Gasteiger partial charge in [-0.2, -0.15) is 0 Å². The molecular weight excluding hydrogens is 334 g/mol. The summed E-state index contributed by atoms with van der Waals surface area (Å²) in [5.41, 5.74) is 0.648. The minimum Gasteiger partial charge on any atom is -0.263 e. The molecule has 0 aliphatic rings. The zero-order valence-corrected chi connectivity index (χ0v) is 12.9. The van der Waals surface area contributed by atoms with Crippen LogP contribution in [0.15, 0.2) is 30.3 Å². The van der Waals surface area contributed by atoms with E-state index in [9.17, 15) is 10.1 Å². The zero-order chi connectivity index (χ0) is 9.19. The summed E-state index contributed by atoms with van der Waals surface area (Å²) in [6.07, 6.45) is 0. The van der Waals surface area contributed by atoms with Gasteiger partial charge in [0.05, 0.1) is 0 Å². The summed E-state index contributed by atoms with van der Waals surface area (Å²) in [6, 6.07) is 8.82. The molecule has 0 spiro atoms. The summed E-state index contributed by atoms with van der Waals surface area (Å²) < 4.78 is -1.17. The molecule has 1 aromatic carbocycles. The van der Waals surface area contributed by atoms with Crippen molar-refractivity contribution in [2.24, 2.45) is 0 Å². The largest absolute Gasteiger partial charge is 2.00 e. The molecule has 0 aliphatic carbocycles. The average molecular weight is 342 g/mol. The Morgan fingerprint density at radius 3 is 2.23 bits per heavy atom. The maximum atomic E-state index is 10.6. The van der Waals surface area contributed by atoms with Gasteiger partial charge in [-0.1, -0.05) is 30.3 Å². The van der Waals surface area contributed by atoms with E-state index < -0.39 is 4.45 Å². The van der Waals surface area contributed by atoms with Crippen molar-refractivity contribution in [1.82, 2.24) is 0 Å². The minimum atomic E-state index is -1.17. The fraction of sp³-hybridized carbons (Fsp3) is 0.250. The van der Waals surface area contributed by atoms with Crippen LogP contribution in [0.4, 0.5) is 0 Å². The number of benzene rings is 1. The maximum Gasteiger partial charge on any atom is 2.00 e. The Kier molecular flexibility index (Phi) is 5.05. The molecule has 0 amide bonds. The van der Waals surface area contributed by atoms with Gasteiger partial charge in [-0.05, 0) is 0 Å². The first-order valence-corrected chi connectivity index (χ1v) is 4.23. The van der Waals surface area contributed by atoms with Crippen molar-refractivity contribution in [3.8, 4) is 0 Å². The second kappa shape index (κ2) is 5.04. The zero-order valence-electron chi connectivity index (χ0n) is 7.24. The Bertz CT molecular complexity index is 289. The molecule has 0 saturated heterocycles. The second-order valence-corrected chi connectivity index (χ2v) is 4.12. The summed E-state index contributed by atoms with van der Waals surface area (Å²) in [5, 5.41) is 10.6.